The number of carbonyl (C=O) groups excluding carboxylic acids is 2. The summed E-state index contributed by atoms with van der Waals surface area (Å²) >= 11 is 0. The predicted octanol–water partition coefficient (Wildman–Crippen LogP) is 19.4. The van der Waals surface area contributed by atoms with E-state index in [4.69, 9.17) is 18.5 Å². The first-order chi connectivity index (χ1) is 37.0. The van der Waals surface area contributed by atoms with Crippen LogP contribution in [0.5, 0.6) is 0 Å². The van der Waals surface area contributed by atoms with E-state index in [1.807, 2.05) is 21.1 Å². The molecule has 0 saturated carbocycles. The molecule has 436 valence electrons. The van der Waals surface area contributed by atoms with Crippen LogP contribution in [0.4, 0.5) is 0 Å². The topological polar surface area (TPSA) is 108 Å². The molecule has 0 saturated heterocycles. The number of likely N-dealkylation sites (N-methyl/N-ethyl adjacent to an activating group) is 1. The first kappa shape index (κ1) is 72.7. The van der Waals surface area contributed by atoms with Gasteiger partial charge in [-0.2, -0.15) is 0 Å². The number of unbranched alkanes of at least 4 members (excludes halogenated alkanes) is 23. The van der Waals surface area contributed by atoms with Gasteiger partial charge < -0.3 is 18.9 Å². The van der Waals surface area contributed by atoms with Crippen LogP contribution >= 0.6 is 7.82 Å². The van der Waals surface area contributed by atoms with Crippen LogP contribution in [0.25, 0.3) is 0 Å². The highest BCUT2D eigenvalue weighted by molar-refractivity contribution is 7.47. The fourth-order valence-electron chi connectivity index (χ4n) is 8.08. The van der Waals surface area contributed by atoms with Gasteiger partial charge in [0.05, 0.1) is 27.7 Å². The molecule has 2 unspecified atom stereocenters. The normalized spacial score (nSPS) is 14.0. The lowest BCUT2D eigenvalue weighted by Crippen LogP contribution is -2.37. The molecule has 0 rings (SSSR count). The third kappa shape index (κ3) is 59.9. The Kier molecular flexibility index (Phi) is 53.9. The minimum absolute atomic E-state index is 0.0208. The molecular formula is C66H115NO8P+. The molecule has 0 aliphatic rings. The SMILES string of the molecule is CC/C=C\C/C=C\C/C=C\C/C=C\C/C=C\C/C=C\CCCCCCC(=O)OC(COC(=O)CCCCCCCCCCCCCCCC/C=C\C/C=C\C/C=C\CCCCCCC)COP(=O)(O)OCC[N+](C)(C)C. The Bertz CT molecular complexity index is 1650. The van der Waals surface area contributed by atoms with Crippen molar-refractivity contribution < 1.29 is 42.1 Å². The van der Waals surface area contributed by atoms with Crippen molar-refractivity contribution in [2.45, 2.75) is 251 Å². The molecule has 0 spiro atoms. The average molecular weight is 1080 g/mol. The summed E-state index contributed by atoms with van der Waals surface area (Å²) in [5, 5.41) is 0. The molecule has 0 aromatic carbocycles. The molecule has 0 fully saturated rings. The Labute approximate surface area is 467 Å². The number of quaternary nitrogens is 1. The summed E-state index contributed by atoms with van der Waals surface area (Å²) in [5.74, 6) is -0.830. The summed E-state index contributed by atoms with van der Waals surface area (Å²) in [6.07, 6.45) is 78.8. The number of phosphoric ester groups is 1. The maximum Gasteiger partial charge on any atom is 0.472 e. The molecule has 0 aliphatic carbocycles. The van der Waals surface area contributed by atoms with Crippen LogP contribution in [0.15, 0.2) is 109 Å². The molecular weight excluding hydrogens is 966 g/mol. The lowest BCUT2D eigenvalue weighted by atomic mass is 10.0. The fourth-order valence-corrected chi connectivity index (χ4v) is 8.83. The quantitative estimate of drug-likeness (QED) is 0.0211. The molecule has 0 bridgehead atoms. The Hall–Kier alpha value is -3.33. The lowest BCUT2D eigenvalue weighted by molar-refractivity contribution is -0.870. The van der Waals surface area contributed by atoms with Gasteiger partial charge in [0.1, 0.15) is 19.8 Å². The van der Waals surface area contributed by atoms with E-state index < -0.39 is 26.5 Å². The molecule has 0 radical (unpaired) electrons. The van der Waals surface area contributed by atoms with E-state index in [-0.39, 0.29) is 32.0 Å². The minimum atomic E-state index is -4.40. The van der Waals surface area contributed by atoms with Crippen molar-refractivity contribution in [3.05, 3.63) is 109 Å². The fraction of sp³-hybridized carbons (Fsp3) is 0.697. The van der Waals surface area contributed by atoms with E-state index in [1.165, 1.54) is 116 Å². The molecule has 0 heterocycles. The van der Waals surface area contributed by atoms with Crippen LogP contribution in [0, 0.1) is 0 Å². The van der Waals surface area contributed by atoms with Gasteiger partial charge in [-0.05, 0) is 103 Å². The van der Waals surface area contributed by atoms with Gasteiger partial charge in [-0.1, -0.05) is 239 Å². The number of rotatable bonds is 55. The first-order valence-electron chi connectivity index (χ1n) is 30.6. The molecule has 1 N–H and O–H groups in total. The zero-order chi connectivity index (χ0) is 55.6. The third-order valence-corrected chi connectivity index (χ3v) is 13.8. The summed E-state index contributed by atoms with van der Waals surface area (Å²) in [6.45, 7) is 4.28. The average Bonchev–Trinajstić information content (AvgIpc) is 3.38. The monoisotopic (exact) mass is 1080 g/mol. The van der Waals surface area contributed by atoms with Crippen molar-refractivity contribution in [1.82, 2.24) is 0 Å². The first-order valence-corrected chi connectivity index (χ1v) is 32.1. The van der Waals surface area contributed by atoms with Gasteiger partial charge in [-0.3, -0.25) is 18.6 Å². The second kappa shape index (κ2) is 56.4. The molecule has 9 nitrogen and oxygen atoms in total. The van der Waals surface area contributed by atoms with E-state index in [0.29, 0.717) is 17.4 Å². The maximum atomic E-state index is 12.8. The number of esters is 2. The number of hydrogen-bond acceptors (Lipinski definition) is 7. The van der Waals surface area contributed by atoms with Crippen LogP contribution in [-0.2, 0) is 32.7 Å². The van der Waals surface area contributed by atoms with Crippen LogP contribution < -0.4 is 0 Å². The number of carbonyl (C=O) groups is 2. The van der Waals surface area contributed by atoms with Crippen molar-refractivity contribution in [2.24, 2.45) is 0 Å². The number of phosphoric acid groups is 1. The van der Waals surface area contributed by atoms with Gasteiger partial charge in [-0.15, -0.1) is 0 Å². The van der Waals surface area contributed by atoms with Crippen molar-refractivity contribution >= 4 is 19.8 Å². The summed E-state index contributed by atoms with van der Waals surface area (Å²) in [4.78, 5) is 35.7. The second-order valence-electron chi connectivity index (χ2n) is 21.4. The molecule has 10 heteroatoms. The lowest BCUT2D eigenvalue weighted by Gasteiger charge is -2.24. The predicted molar refractivity (Wildman–Crippen MR) is 325 cm³/mol. The van der Waals surface area contributed by atoms with E-state index in [2.05, 4.69) is 123 Å². The van der Waals surface area contributed by atoms with E-state index in [1.54, 1.807) is 0 Å². The molecule has 76 heavy (non-hydrogen) atoms. The van der Waals surface area contributed by atoms with Crippen LogP contribution in [0.1, 0.15) is 245 Å². The van der Waals surface area contributed by atoms with Crippen molar-refractivity contribution in [3.63, 3.8) is 0 Å². The summed E-state index contributed by atoms with van der Waals surface area (Å²) in [6, 6.07) is 0. The Morgan fingerprint density at radius 2 is 0.750 bits per heavy atom. The summed E-state index contributed by atoms with van der Waals surface area (Å²) < 4.78 is 34.6. The van der Waals surface area contributed by atoms with Gasteiger partial charge in [0.2, 0.25) is 0 Å². The zero-order valence-corrected chi connectivity index (χ0v) is 50.3. The smallest absolute Gasteiger partial charge is 0.462 e. The third-order valence-electron chi connectivity index (χ3n) is 12.8. The molecule has 0 amide bonds. The molecule has 0 aliphatic heterocycles. The highest BCUT2D eigenvalue weighted by atomic mass is 31.2. The van der Waals surface area contributed by atoms with Crippen LogP contribution in [0.2, 0.25) is 0 Å². The standard InChI is InChI=1S/C66H114NO8P/c1-6-8-10-12-14-16-18-20-22-24-26-28-30-31-32-33-34-35-37-38-40-42-44-46-48-50-52-54-56-58-65(68)72-62-64(63-74-76(70,71)73-61-60-67(3,4)5)75-66(69)59-57-55-53-51-49-47-45-43-41-39-36-29-27-25-23-21-19-17-15-13-11-9-7-2/h9,11,15,17-18,20-21,23-24,26-27,29-31,39,41,45,47,64H,6-8,10,12-14,16,19,22,25,28,32-38,40,42-44,46,48-63H2,1-5H3/p+1/b11-9-,17-15-,20-18-,23-21-,26-24-,29-27-,31-30-,41-39-,47-45-. The maximum absolute atomic E-state index is 12.8. The number of ether oxygens (including phenoxy) is 2. The van der Waals surface area contributed by atoms with E-state index >= 15 is 0 Å². The van der Waals surface area contributed by atoms with E-state index in [9.17, 15) is 19.0 Å². The molecule has 0 aromatic rings. The van der Waals surface area contributed by atoms with Crippen LogP contribution in [0.3, 0.4) is 0 Å². The summed E-state index contributed by atoms with van der Waals surface area (Å²) in [5.41, 5.74) is 0. The molecule has 0 aromatic heterocycles. The van der Waals surface area contributed by atoms with Crippen molar-refractivity contribution in [2.75, 3.05) is 47.5 Å². The van der Waals surface area contributed by atoms with Gasteiger partial charge in [0, 0.05) is 12.8 Å². The van der Waals surface area contributed by atoms with Crippen molar-refractivity contribution in [3.8, 4) is 0 Å². The minimum Gasteiger partial charge on any atom is -0.462 e. The Balaban J connectivity index is 4.19. The number of allylic oxidation sites excluding steroid dienone is 18. The highest BCUT2D eigenvalue weighted by Gasteiger charge is 2.27. The van der Waals surface area contributed by atoms with Gasteiger partial charge in [0.15, 0.2) is 6.10 Å². The largest absolute Gasteiger partial charge is 0.472 e. The van der Waals surface area contributed by atoms with Crippen LogP contribution in [-0.4, -0.2) is 74.9 Å². The van der Waals surface area contributed by atoms with Gasteiger partial charge >= 0.3 is 19.8 Å². The zero-order valence-electron chi connectivity index (χ0n) is 49.5. The number of nitrogens with zero attached hydrogens (tertiary/aromatic N) is 1. The van der Waals surface area contributed by atoms with Gasteiger partial charge in [-0.25, -0.2) is 4.57 Å². The van der Waals surface area contributed by atoms with Gasteiger partial charge in [0.25, 0.3) is 0 Å². The highest BCUT2D eigenvalue weighted by Crippen LogP contribution is 2.43. The number of hydrogen-bond donors (Lipinski definition) is 1. The van der Waals surface area contributed by atoms with Crippen molar-refractivity contribution in [1.29, 1.82) is 0 Å². The summed E-state index contributed by atoms with van der Waals surface area (Å²) in [7, 11) is 1.45. The molecule has 2 atom stereocenters. The Morgan fingerprint density at radius 1 is 0.421 bits per heavy atom. The Morgan fingerprint density at radius 3 is 1.12 bits per heavy atom. The van der Waals surface area contributed by atoms with E-state index in [0.717, 1.165) is 96.3 Å². The second-order valence-corrected chi connectivity index (χ2v) is 22.8.